The molecule has 2 aliphatic rings. The van der Waals surface area contributed by atoms with Crippen molar-refractivity contribution in [3.05, 3.63) is 35.6 Å². The van der Waals surface area contributed by atoms with E-state index in [0.717, 1.165) is 50.0 Å². The number of hydrogen-bond donors (Lipinski definition) is 2. The summed E-state index contributed by atoms with van der Waals surface area (Å²) in [5, 5.41) is 6.55. The van der Waals surface area contributed by atoms with Gasteiger partial charge in [0.15, 0.2) is 5.96 Å². The number of hydrogen-bond acceptors (Lipinski definition) is 2. The Morgan fingerprint density at radius 3 is 2.75 bits per heavy atom. The fourth-order valence-electron chi connectivity index (χ4n) is 2.90. The standard InChI is InChI=1S/C19H28FN3O/c1-2-21-18(22-11-12-24-13-15-7-8-15)23-14-19(9-10-19)16-5-3-4-6-17(16)20/h3-6,15H,2,7-14H2,1H3,(H2,21,22,23). The van der Waals surface area contributed by atoms with Crippen LogP contribution in [0.15, 0.2) is 29.3 Å². The Balaban J connectivity index is 1.50. The average molecular weight is 333 g/mol. The van der Waals surface area contributed by atoms with Gasteiger partial charge in [-0.25, -0.2) is 4.39 Å². The number of aliphatic imine (C=N–C) groups is 1. The van der Waals surface area contributed by atoms with Crippen LogP contribution in [0.1, 0.15) is 38.2 Å². The smallest absolute Gasteiger partial charge is 0.191 e. The number of nitrogens with one attached hydrogen (secondary N) is 2. The van der Waals surface area contributed by atoms with Gasteiger partial charge in [-0.2, -0.15) is 0 Å². The lowest BCUT2D eigenvalue weighted by Crippen LogP contribution is -2.39. The van der Waals surface area contributed by atoms with Crippen molar-refractivity contribution in [1.29, 1.82) is 0 Å². The first-order chi connectivity index (χ1) is 11.7. The number of benzene rings is 1. The van der Waals surface area contributed by atoms with E-state index < -0.39 is 0 Å². The number of halogens is 1. The van der Waals surface area contributed by atoms with Crippen molar-refractivity contribution >= 4 is 5.96 Å². The topological polar surface area (TPSA) is 45.7 Å². The molecule has 0 spiro atoms. The van der Waals surface area contributed by atoms with Gasteiger partial charge in [-0.1, -0.05) is 18.2 Å². The van der Waals surface area contributed by atoms with E-state index in [0.29, 0.717) is 13.2 Å². The lowest BCUT2D eigenvalue weighted by Gasteiger charge is -2.16. The summed E-state index contributed by atoms with van der Waals surface area (Å²) < 4.78 is 19.7. The minimum Gasteiger partial charge on any atom is -0.379 e. The van der Waals surface area contributed by atoms with E-state index in [4.69, 9.17) is 4.74 Å². The highest BCUT2D eigenvalue weighted by atomic mass is 19.1. The van der Waals surface area contributed by atoms with Gasteiger partial charge in [-0.3, -0.25) is 4.99 Å². The predicted molar refractivity (Wildman–Crippen MR) is 94.8 cm³/mol. The Morgan fingerprint density at radius 2 is 2.08 bits per heavy atom. The van der Waals surface area contributed by atoms with Crippen LogP contribution < -0.4 is 10.6 Å². The van der Waals surface area contributed by atoms with Crippen LogP contribution >= 0.6 is 0 Å². The van der Waals surface area contributed by atoms with E-state index >= 15 is 0 Å². The van der Waals surface area contributed by atoms with Crippen LogP contribution in [0.25, 0.3) is 0 Å². The summed E-state index contributed by atoms with van der Waals surface area (Å²) in [6.45, 7) is 5.79. The normalized spacial score (nSPS) is 19.2. The molecule has 0 amide bonds. The SMILES string of the molecule is CCNC(=NCC1(c2ccccc2F)CC1)NCCOCC1CC1. The fourth-order valence-corrected chi connectivity index (χ4v) is 2.90. The Morgan fingerprint density at radius 1 is 1.29 bits per heavy atom. The van der Waals surface area contributed by atoms with Crippen molar-refractivity contribution in [1.82, 2.24) is 10.6 Å². The van der Waals surface area contributed by atoms with Gasteiger partial charge < -0.3 is 15.4 Å². The number of nitrogens with zero attached hydrogens (tertiary/aromatic N) is 1. The molecule has 0 saturated heterocycles. The zero-order valence-corrected chi connectivity index (χ0v) is 14.5. The van der Waals surface area contributed by atoms with Crippen molar-refractivity contribution in [2.75, 3.05) is 32.8 Å². The molecule has 4 nitrogen and oxygen atoms in total. The number of rotatable bonds is 9. The van der Waals surface area contributed by atoms with Crippen molar-refractivity contribution in [2.45, 2.75) is 38.0 Å². The first-order valence-electron chi connectivity index (χ1n) is 9.08. The molecule has 1 aromatic rings. The second-order valence-electron chi connectivity index (χ2n) is 6.90. The summed E-state index contributed by atoms with van der Waals surface area (Å²) in [6.07, 6.45) is 4.63. The molecule has 132 valence electrons. The van der Waals surface area contributed by atoms with Crippen LogP contribution in [0.4, 0.5) is 4.39 Å². The summed E-state index contributed by atoms with van der Waals surface area (Å²) in [6, 6.07) is 7.08. The van der Waals surface area contributed by atoms with E-state index in [1.54, 1.807) is 12.1 Å². The van der Waals surface area contributed by atoms with Crippen molar-refractivity contribution in [2.24, 2.45) is 10.9 Å². The Kier molecular flexibility index (Phi) is 5.72. The van der Waals surface area contributed by atoms with Crippen LogP contribution in [0.2, 0.25) is 0 Å². The van der Waals surface area contributed by atoms with Gasteiger partial charge in [0, 0.05) is 25.1 Å². The molecule has 0 atom stereocenters. The number of guanidine groups is 1. The molecule has 0 aromatic heterocycles. The van der Waals surface area contributed by atoms with Crippen molar-refractivity contribution in [3.8, 4) is 0 Å². The van der Waals surface area contributed by atoms with Crippen LogP contribution in [-0.2, 0) is 10.2 Å². The molecule has 5 heteroatoms. The van der Waals surface area contributed by atoms with Gasteiger partial charge in [0.05, 0.1) is 13.2 Å². The highest BCUT2D eigenvalue weighted by Gasteiger charge is 2.45. The second-order valence-corrected chi connectivity index (χ2v) is 6.90. The molecular weight excluding hydrogens is 305 g/mol. The maximum Gasteiger partial charge on any atom is 0.191 e. The van der Waals surface area contributed by atoms with Crippen LogP contribution in [0, 0.1) is 11.7 Å². The Hall–Kier alpha value is -1.62. The zero-order chi connectivity index (χ0) is 16.8. The molecule has 2 fully saturated rings. The molecule has 2 aliphatic carbocycles. The van der Waals surface area contributed by atoms with Gasteiger partial charge in [0.2, 0.25) is 0 Å². The van der Waals surface area contributed by atoms with Crippen LogP contribution in [0.3, 0.4) is 0 Å². The molecule has 0 bridgehead atoms. The van der Waals surface area contributed by atoms with E-state index in [-0.39, 0.29) is 11.2 Å². The lowest BCUT2D eigenvalue weighted by molar-refractivity contribution is 0.129. The molecule has 1 aromatic carbocycles. The van der Waals surface area contributed by atoms with Gasteiger partial charge in [-0.15, -0.1) is 0 Å². The van der Waals surface area contributed by atoms with E-state index in [2.05, 4.69) is 15.6 Å². The van der Waals surface area contributed by atoms with Crippen LogP contribution in [0.5, 0.6) is 0 Å². The fraction of sp³-hybridized carbons (Fsp3) is 0.632. The van der Waals surface area contributed by atoms with Gasteiger partial charge in [0.1, 0.15) is 5.82 Å². The predicted octanol–water partition coefficient (Wildman–Crippen LogP) is 2.84. The highest BCUT2D eigenvalue weighted by Crippen LogP contribution is 2.49. The van der Waals surface area contributed by atoms with E-state index in [1.165, 1.54) is 12.8 Å². The first-order valence-corrected chi connectivity index (χ1v) is 9.08. The Labute approximate surface area is 143 Å². The summed E-state index contributed by atoms with van der Waals surface area (Å²) >= 11 is 0. The molecular formula is C19H28FN3O. The third-order valence-electron chi connectivity index (χ3n) is 4.77. The van der Waals surface area contributed by atoms with Gasteiger partial charge in [-0.05, 0) is 50.2 Å². The molecule has 24 heavy (non-hydrogen) atoms. The minimum absolute atomic E-state index is 0.114. The lowest BCUT2D eigenvalue weighted by atomic mass is 9.95. The molecule has 3 rings (SSSR count). The highest BCUT2D eigenvalue weighted by molar-refractivity contribution is 5.79. The third-order valence-corrected chi connectivity index (χ3v) is 4.77. The second kappa shape index (κ2) is 7.97. The third kappa shape index (κ3) is 4.69. The largest absolute Gasteiger partial charge is 0.379 e. The first kappa shape index (κ1) is 17.2. The summed E-state index contributed by atoms with van der Waals surface area (Å²) in [4.78, 5) is 4.68. The van der Waals surface area contributed by atoms with Gasteiger partial charge >= 0.3 is 0 Å². The maximum atomic E-state index is 14.1. The summed E-state index contributed by atoms with van der Waals surface area (Å²) in [5.41, 5.74) is 0.688. The summed E-state index contributed by atoms with van der Waals surface area (Å²) in [5.74, 6) is 1.47. The monoisotopic (exact) mass is 333 g/mol. The molecule has 0 radical (unpaired) electrons. The van der Waals surface area contributed by atoms with E-state index in [9.17, 15) is 4.39 Å². The van der Waals surface area contributed by atoms with Crippen molar-refractivity contribution in [3.63, 3.8) is 0 Å². The zero-order valence-electron chi connectivity index (χ0n) is 14.5. The minimum atomic E-state index is -0.115. The average Bonchev–Trinajstić information content (AvgIpc) is 3.48. The van der Waals surface area contributed by atoms with Crippen molar-refractivity contribution < 1.29 is 9.13 Å². The molecule has 2 N–H and O–H groups in total. The molecule has 0 heterocycles. The molecule has 0 unspecified atom stereocenters. The van der Waals surface area contributed by atoms with E-state index in [1.807, 2.05) is 19.1 Å². The quantitative estimate of drug-likeness (QED) is 0.415. The van der Waals surface area contributed by atoms with Gasteiger partial charge in [0.25, 0.3) is 0 Å². The van der Waals surface area contributed by atoms with Crippen LogP contribution in [-0.4, -0.2) is 38.8 Å². The molecule has 0 aliphatic heterocycles. The maximum absolute atomic E-state index is 14.1. The molecule has 2 saturated carbocycles. The number of ether oxygens (including phenoxy) is 1. The Bertz CT molecular complexity index is 567. The summed E-state index contributed by atoms with van der Waals surface area (Å²) in [7, 11) is 0.